The highest BCUT2D eigenvalue weighted by Crippen LogP contribution is 2.47. The average molecular weight is 495 g/mol. The number of methoxy groups -OCH3 is 1. The van der Waals surface area contributed by atoms with Crippen LogP contribution in [0.15, 0.2) is 72.3 Å². The number of benzene rings is 2. The standard InChI is InChI=1S/C30H42O4Si/c1-24-20-26(33-23-32-6)21-25(30(24,5)18-13-19-31)22-34-35(29(2,3)4,27-14-9-7-10-15-27)28-16-11-8-12-17-28/h7-12,14-17,19,21,24,26H,13,18,20,22-23H2,1-6H3/t24-,26+,30-/m1/s1. The first-order chi connectivity index (χ1) is 16.7. The molecule has 4 nitrogen and oxygen atoms in total. The number of ether oxygens (including phenoxy) is 2. The van der Waals surface area contributed by atoms with E-state index in [1.807, 2.05) is 0 Å². The highest BCUT2D eigenvalue weighted by atomic mass is 28.4. The van der Waals surface area contributed by atoms with Crippen LogP contribution in [0.2, 0.25) is 5.04 Å². The van der Waals surface area contributed by atoms with Gasteiger partial charge in [0.25, 0.3) is 8.32 Å². The molecule has 0 heterocycles. The molecule has 3 atom stereocenters. The van der Waals surface area contributed by atoms with E-state index in [-0.39, 0.29) is 23.4 Å². The lowest BCUT2D eigenvalue weighted by Gasteiger charge is -2.47. The second kappa shape index (κ2) is 11.8. The fourth-order valence-corrected chi connectivity index (χ4v) is 10.1. The van der Waals surface area contributed by atoms with Crippen molar-refractivity contribution in [2.75, 3.05) is 20.5 Å². The Morgan fingerprint density at radius 1 is 1.03 bits per heavy atom. The van der Waals surface area contributed by atoms with Crippen LogP contribution in [-0.4, -0.2) is 41.2 Å². The van der Waals surface area contributed by atoms with Crippen molar-refractivity contribution in [1.29, 1.82) is 0 Å². The van der Waals surface area contributed by atoms with E-state index in [0.717, 1.165) is 19.1 Å². The highest BCUT2D eigenvalue weighted by Gasteiger charge is 2.51. The molecule has 0 saturated carbocycles. The SMILES string of the molecule is COCO[C@@H]1C=C(CO[Si](c2ccccc2)(c2ccccc2)C(C)(C)C)[C@](C)(CCC=O)[C@H](C)C1. The van der Waals surface area contributed by atoms with Crippen molar-refractivity contribution < 1.29 is 18.7 Å². The van der Waals surface area contributed by atoms with Crippen LogP contribution in [0.1, 0.15) is 53.9 Å². The predicted octanol–water partition coefficient (Wildman–Crippen LogP) is 5.50. The summed E-state index contributed by atoms with van der Waals surface area (Å²) in [6, 6.07) is 21.5. The van der Waals surface area contributed by atoms with Crippen molar-refractivity contribution in [3.63, 3.8) is 0 Å². The molecular weight excluding hydrogens is 452 g/mol. The summed E-state index contributed by atoms with van der Waals surface area (Å²) >= 11 is 0. The predicted molar refractivity (Wildman–Crippen MR) is 146 cm³/mol. The van der Waals surface area contributed by atoms with Gasteiger partial charge in [0.05, 0.1) is 12.7 Å². The number of carbonyl (C=O) groups is 1. The van der Waals surface area contributed by atoms with Gasteiger partial charge < -0.3 is 18.7 Å². The average Bonchev–Trinajstić information content (AvgIpc) is 2.85. The van der Waals surface area contributed by atoms with Crippen LogP contribution in [0, 0.1) is 11.3 Å². The van der Waals surface area contributed by atoms with Gasteiger partial charge in [0.1, 0.15) is 13.1 Å². The van der Waals surface area contributed by atoms with Gasteiger partial charge >= 0.3 is 0 Å². The Kier molecular flexibility index (Phi) is 9.27. The van der Waals surface area contributed by atoms with Gasteiger partial charge in [0, 0.05) is 13.5 Å². The Bertz CT molecular complexity index is 927. The first-order valence-corrected chi connectivity index (χ1v) is 14.6. The van der Waals surface area contributed by atoms with Crippen molar-refractivity contribution >= 4 is 25.0 Å². The van der Waals surface area contributed by atoms with Crippen molar-refractivity contribution in [2.24, 2.45) is 11.3 Å². The second-order valence-corrected chi connectivity index (χ2v) is 15.3. The van der Waals surface area contributed by atoms with Gasteiger partial charge in [0.15, 0.2) is 0 Å². The fourth-order valence-electron chi connectivity index (χ4n) is 5.61. The third-order valence-electron chi connectivity index (χ3n) is 7.84. The van der Waals surface area contributed by atoms with Crippen LogP contribution in [0.5, 0.6) is 0 Å². The summed E-state index contributed by atoms with van der Waals surface area (Å²) < 4.78 is 18.4. The van der Waals surface area contributed by atoms with Crippen LogP contribution < -0.4 is 10.4 Å². The summed E-state index contributed by atoms with van der Waals surface area (Å²) in [4.78, 5) is 11.3. The Balaban J connectivity index is 2.08. The Hall–Kier alpha value is -2.05. The lowest BCUT2D eigenvalue weighted by molar-refractivity contribution is -0.108. The van der Waals surface area contributed by atoms with E-state index < -0.39 is 8.32 Å². The normalized spacial score (nSPS) is 23.1. The van der Waals surface area contributed by atoms with Gasteiger partial charge in [-0.15, -0.1) is 0 Å². The molecule has 0 N–H and O–H groups in total. The molecule has 1 aliphatic carbocycles. The van der Waals surface area contributed by atoms with E-state index in [2.05, 4.69) is 101 Å². The third-order valence-corrected chi connectivity index (χ3v) is 12.8. The molecule has 0 aliphatic heterocycles. The molecule has 0 fully saturated rings. The number of carbonyl (C=O) groups excluding carboxylic acids is 1. The monoisotopic (exact) mass is 494 g/mol. The summed E-state index contributed by atoms with van der Waals surface area (Å²) in [5, 5.41) is 2.44. The zero-order chi connectivity index (χ0) is 25.5. The van der Waals surface area contributed by atoms with E-state index in [0.29, 0.717) is 18.9 Å². The number of hydrogen-bond acceptors (Lipinski definition) is 4. The Labute approximate surface area is 212 Å². The van der Waals surface area contributed by atoms with Gasteiger partial charge in [-0.2, -0.15) is 0 Å². The molecule has 0 bridgehead atoms. The molecule has 0 radical (unpaired) electrons. The van der Waals surface area contributed by atoms with Crippen molar-refractivity contribution in [1.82, 2.24) is 0 Å². The summed E-state index contributed by atoms with van der Waals surface area (Å²) in [5.74, 6) is 0.354. The molecule has 190 valence electrons. The van der Waals surface area contributed by atoms with E-state index in [4.69, 9.17) is 13.9 Å². The Morgan fingerprint density at radius 2 is 1.60 bits per heavy atom. The first kappa shape index (κ1) is 27.5. The molecule has 0 saturated heterocycles. The zero-order valence-electron chi connectivity index (χ0n) is 22.3. The maximum atomic E-state index is 11.3. The van der Waals surface area contributed by atoms with Gasteiger partial charge in [-0.3, -0.25) is 0 Å². The van der Waals surface area contributed by atoms with E-state index in [1.54, 1.807) is 7.11 Å². The smallest absolute Gasteiger partial charge is 0.261 e. The second-order valence-electron chi connectivity index (χ2n) is 11.0. The topological polar surface area (TPSA) is 44.8 Å². The van der Waals surface area contributed by atoms with Crippen molar-refractivity contribution in [2.45, 2.75) is 65.0 Å². The van der Waals surface area contributed by atoms with Crippen molar-refractivity contribution in [3.8, 4) is 0 Å². The maximum absolute atomic E-state index is 11.3. The Morgan fingerprint density at radius 3 is 2.09 bits per heavy atom. The van der Waals surface area contributed by atoms with Crippen LogP contribution in [0.3, 0.4) is 0 Å². The number of aldehydes is 1. The summed E-state index contributed by atoms with van der Waals surface area (Å²) in [7, 11) is -1.02. The summed E-state index contributed by atoms with van der Waals surface area (Å²) in [5.41, 5.74) is 1.10. The minimum Gasteiger partial charge on any atom is -0.403 e. The van der Waals surface area contributed by atoms with E-state index in [1.165, 1.54) is 15.9 Å². The highest BCUT2D eigenvalue weighted by molar-refractivity contribution is 6.99. The largest absolute Gasteiger partial charge is 0.403 e. The molecule has 0 unspecified atom stereocenters. The molecule has 2 aromatic rings. The maximum Gasteiger partial charge on any atom is 0.261 e. The van der Waals surface area contributed by atoms with E-state index in [9.17, 15) is 4.79 Å². The van der Waals surface area contributed by atoms with Crippen LogP contribution >= 0.6 is 0 Å². The van der Waals surface area contributed by atoms with E-state index >= 15 is 0 Å². The minimum absolute atomic E-state index is 0.0213. The molecule has 2 aromatic carbocycles. The van der Waals surface area contributed by atoms with Gasteiger partial charge in [-0.1, -0.05) is 101 Å². The van der Waals surface area contributed by atoms with Crippen molar-refractivity contribution in [3.05, 3.63) is 72.3 Å². The van der Waals surface area contributed by atoms with Gasteiger partial charge in [0.2, 0.25) is 0 Å². The quantitative estimate of drug-likeness (QED) is 0.179. The summed E-state index contributed by atoms with van der Waals surface area (Å²) in [6.45, 7) is 12.2. The molecule has 35 heavy (non-hydrogen) atoms. The fraction of sp³-hybridized carbons (Fsp3) is 0.500. The van der Waals surface area contributed by atoms with Crippen LogP contribution in [0.4, 0.5) is 0 Å². The van der Waals surface area contributed by atoms with Gasteiger partial charge in [-0.05, 0) is 45.2 Å². The molecule has 0 amide bonds. The molecule has 5 heteroatoms. The number of hydrogen-bond donors (Lipinski definition) is 0. The molecular formula is C30H42O4Si. The van der Waals surface area contributed by atoms with Crippen LogP contribution in [0.25, 0.3) is 0 Å². The molecule has 0 spiro atoms. The lowest BCUT2D eigenvalue weighted by Crippen LogP contribution is -2.66. The molecule has 3 rings (SSSR count). The van der Waals surface area contributed by atoms with Crippen LogP contribution in [-0.2, 0) is 18.7 Å². The zero-order valence-corrected chi connectivity index (χ0v) is 23.3. The lowest BCUT2D eigenvalue weighted by atomic mass is 9.64. The summed E-state index contributed by atoms with van der Waals surface area (Å²) in [6.07, 6.45) is 5.51. The third kappa shape index (κ3) is 5.86. The number of rotatable bonds is 11. The van der Waals surface area contributed by atoms with Gasteiger partial charge in [-0.25, -0.2) is 0 Å². The molecule has 1 aliphatic rings. The molecule has 0 aromatic heterocycles. The minimum atomic E-state index is -2.67. The first-order valence-electron chi connectivity index (χ1n) is 12.7.